The van der Waals surface area contributed by atoms with Crippen LogP contribution in [0.2, 0.25) is 0 Å². The number of rotatable bonds is 6. The molecule has 1 aromatic carbocycles. The second kappa shape index (κ2) is 7.51. The Bertz CT molecular complexity index is 855. The molecule has 1 aromatic heterocycles. The Labute approximate surface area is 150 Å². The quantitative estimate of drug-likeness (QED) is 0.636. The molecule has 0 radical (unpaired) electrons. The highest BCUT2D eigenvalue weighted by molar-refractivity contribution is 5.76. The van der Waals surface area contributed by atoms with Gasteiger partial charge in [-0.25, -0.2) is 0 Å². The summed E-state index contributed by atoms with van der Waals surface area (Å²) < 4.78 is 1.07. The molecule has 1 amide bonds. The Hall–Kier alpha value is -2.96. The normalized spacial score (nSPS) is 15.5. The standard InChI is InChI=1S/C19H21N3O4/c23-17(13-21-12-16(22(25)26)8-9-18(21)24)20-14-19(10-4-5-11-19)15-6-2-1-3-7-15/h1-3,6-9,12H,4-5,10-11,13-14H2,(H,20,23). The molecule has 2 aromatic rings. The van der Waals surface area contributed by atoms with Gasteiger partial charge in [0.05, 0.1) is 11.1 Å². The van der Waals surface area contributed by atoms with Crippen molar-refractivity contribution in [1.82, 2.24) is 9.88 Å². The average Bonchev–Trinajstić information content (AvgIpc) is 3.13. The third-order valence-corrected chi connectivity index (χ3v) is 5.06. The Kier molecular flexibility index (Phi) is 5.16. The fourth-order valence-corrected chi connectivity index (χ4v) is 3.64. The second-order valence-electron chi connectivity index (χ2n) is 6.74. The summed E-state index contributed by atoms with van der Waals surface area (Å²) in [6, 6.07) is 12.4. The number of hydrogen-bond acceptors (Lipinski definition) is 4. The molecule has 0 unspecified atom stereocenters. The van der Waals surface area contributed by atoms with Crippen LogP contribution in [-0.2, 0) is 16.8 Å². The van der Waals surface area contributed by atoms with Crippen LogP contribution in [-0.4, -0.2) is 21.9 Å². The van der Waals surface area contributed by atoms with Gasteiger partial charge >= 0.3 is 0 Å². The van der Waals surface area contributed by atoms with Crippen LogP contribution in [0.5, 0.6) is 0 Å². The lowest BCUT2D eigenvalue weighted by Crippen LogP contribution is -2.41. The Morgan fingerprint density at radius 2 is 1.85 bits per heavy atom. The summed E-state index contributed by atoms with van der Waals surface area (Å²) in [6.07, 6.45) is 5.36. The topological polar surface area (TPSA) is 94.2 Å². The molecule has 136 valence electrons. The van der Waals surface area contributed by atoms with Crippen LogP contribution >= 0.6 is 0 Å². The molecular weight excluding hydrogens is 334 g/mol. The molecule has 3 rings (SSSR count). The molecule has 7 heteroatoms. The fourth-order valence-electron chi connectivity index (χ4n) is 3.64. The van der Waals surface area contributed by atoms with Crippen molar-refractivity contribution in [2.24, 2.45) is 0 Å². The van der Waals surface area contributed by atoms with Gasteiger partial charge in [0.2, 0.25) is 5.91 Å². The van der Waals surface area contributed by atoms with Crippen LogP contribution in [0.15, 0.2) is 53.5 Å². The maximum atomic E-state index is 12.3. The van der Waals surface area contributed by atoms with E-state index in [4.69, 9.17) is 0 Å². The van der Waals surface area contributed by atoms with Crippen LogP contribution in [0, 0.1) is 10.1 Å². The van der Waals surface area contributed by atoms with Crippen molar-refractivity contribution in [3.05, 3.63) is 74.7 Å². The number of nitrogens with zero attached hydrogens (tertiary/aromatic N) is 2. The molecule has 1 aliphatic carbocycles. The lowest BCUT2D eigenvalue weighted by atomic mass is 9.79. The Morgan fingerprint density at radius 3 is 2.50 bits per heavy atom. The minimum Gasteiger partial charge on any atom is -0.354 e. The van der Waals surface area contributed by atoms with E-state index < -0.39 is 10.5 Å². The van der Waals surface area contributed by atoms with Gasteiger partial charge in [-0.15, -0.1) is 0 Å². The van der Waals surface area contributed by atoms with Crippen molar-refractivity contribution in [2.45, 2.75) is 37.6 Å². The Morgan fingerprint density at radius 1 is 1.15 bits per heavy atom. The third-order valence-electron chi connectivity index (χ3n) is 5.06. The minimum atomic E-state index is -0.587. The van der Waals surface area contributed by atoms with Crippen molar-refractivity contribution in [2.75, 3.05) is 6.54 Å². The first kappa shape index (κ1) is 17.8. The molecule has 0 saturated heterocycles. The maximum absolute atomic E-state index is 12.3. The number of carbonyl (C=O) groups is 1. The molecule has 7 nitrogen and oxygen atoms in total. The lowest BCUT2D eigenvalue weighted by molar-refractivity contribution is -0.385. The second-order valence-corrected chi connectivity index (χ2v) is 6.74. The highest BCUT2D eigenvalue weighted by Crippen LogP contribution is 2.40. The highest BCUT2D eigenvalue weighted by Gasteiger charge is 2.35. The van der Waals surface area contributed by atoms with E-state index in [0.717, 1.165) is 48.6 Å². The van der Waals surface area contributed by atoms with E-state index in [-0.39, 0.29) is 23.6 Å². The molecular formula is C19H21N3O4. The first-order valence-corrected chi connectivity index (χ1v) is 8.67. The van der Waals surface area contributed by atoms with Crippen molar-refractivity contribution in [3.8, 4) is 0 Å². The summed E-state index contributed by atoms with van der Waals surface area (Å²) in [5.74, 6) is -0.324. The van der Waals surface area contributed by atoms with E-state index in [0.29, 0.717) is 6.54 Å². The summed E-state index contributed by atoms with van der Waals surface area (Å²) in [7, 11) is 0. The molecule has 0 atom stereocenters. The van der Waals surface area contributed by atoms with E-state index >= 15 is 0 Å². The van der Waals surface area contributed by atoms with Crippen molar-refractivity contribution in [1.29, 1.82) is 0 Å². The molecule has 1 aliphatic rings. The number of amides is 1. The van der Waals surface area contributed by atoms with E-state index in [1.165, 1.54) is 5.56 Å². The van der Waals surface area contributed by atoms with Gasteiger partial charge in [-0.1, -0.05) is 43.2 Å². The van der Waals surface area contributed by atoms with Gasteiger partial charge in [0, 0.05) is 24.1 Å². The SMILES string of the molecule is O=C(Cn1cc([N+](=O)[O-])ccc1=O)NCC1(c2ccccc2)CCCC1. The van der Waals surface area contributed by atoms with Gasteiger partial charge in [-0.05, 0) is 18.4 Å². The number of hydrogen-bond donors (Lipinski definition) is 1. The van der Waals surface area contributed by atoms with Gasteiger partial charge in [0.15, 0.2) is 0 Å². The molecule has 26 heavy (non-hydrogen) atoms. The predicted octanol–water partition coefficient (Wildman–Crippen LogP) is 2.38. The number of pyridine rings is 1. The summed E-state index contributed by atoms with van der Waals surface area (Å²) >= 11 is 0. The first-order valence-electron chi connectivity index (χ1n) is 8.67. The van der Waals surface area contributed by atoms with E-state index in [9.17, 15) is 19.7 Å². The molecule has 0 bridgehead atoms. The summed E-state index contributed by atoms with van der Waals surface area (Å²) in [4.78, 5) is 34.4. The summed E-state index contributed by atoms with van der Waals surface area (Å²) in [6.45, 7) is 0.269. The number of carbonyl (C=O) groups excluding carboxylic acids is 1. The minimum absolute atomic E-state index is 0.0788. The van der Waals surface area contributed by atoms with Crippen molar-refractivity contribution in [3.63, 3.8) is 0 Å². The summed E-state index contributed by atoms with van der Waals surface area (Å²) in [5.41, 5.74) is 0.480. The van der Waals surface area contributed by atoms with Gasteiger partial charge in [0.1, 0.15) is 6.54 Å². The van der Waals surface area contributed by atoms with Gasteiger partial charge in [0.25, 0.3) is 11.2 Å². The molecule has 1 saturated carbocycles. The monoisotopic (exact) mass is 355 g/mol. The number of benzene rings is 1. The van der Waals surface area contributed by atoms with Gasteiger partial charge in [-0.3, -0.25) is 24.3 Å². The first-order chi connectivity index (χ1) is 12.5. The van der Waals surface area contributed by atoms with Crippen LogP contribution in [0.3, 0.4) is 0 Å². The van der Waals surface area contributed by atoms with Crippen LogP contribution in [0.1, 0.15) is 31.2 Å². The number of aromatic nitrogens is 1. The molecule has 1 N–H and O–H groups in total. The lowest BCUT2D eigenvalue weighted by Gasteiger charge is -2.30. The number of nitro groups is 1. The van der Waals surface area contributed by atoms with Crippen LogP contribution < -0.4 is 10.9 Å². The fraction of sp³-hybridized carbons (Fsp3) is 0.368. The van der Waals surface area contributed by atoms with Crippen LogP contribution in [0.4, 0.5) is 5.69 Å². The molecule has 0 spiro atoms. The van der Waals surface area contributed by atoms with E-state index in [1.54, 1.807) is 0 Å². The zero-order valence-corrected chi connectivity index (χ0v) is 14.4. The highest BCUT2D eigenvalue weighted by atomic mass is 16.6. The van der Waals surface area contributed by atoms with E-state index in [2.05, 4.69) is 17.4 Å². The predicted molar refractivity (Wildman–Crippen MR) is 97.0 cm³/mol. The van der Waals surface area contributed by atoms with E-state index in [1.807, 2.05) is 18.2 Å². The zero-order chi connectivity index (χ0) is 18.6. The maximum Gasteiger partial charge on any atom is 0.285 e. The third kappa shape index (κ3) is 3.82. The molecule has 1 heterocycles. The van der Waals surface area contributed by atoms with Crippen molar-refractivity contribution >= 4 is 11.6 Å². The Balaban J connectivity index is 1.70. The zero-order valence-electron chi connectivity index (χ0n) is 14.4. The molecule has 0 aliphatic heterocycles. The van der Waals surface area contributed by atoms with Gasteiger partial charge in [-0.2, -0.15) is 0 Å². The number of nitrogens with one attached hydrogen (secondary N) is 1. The largest absolute Gasteiger partial charge is 0.354 e. The van der Waals surface area contributed by atoms with Crippen LogP contribution in [0.25, 0.3) is 0 Å². The van der Waals surface area contributed by atoms with Crippen molar-refractivity contribution < 1.29 is 9.72 Å². The van der Waals surface area contributed by atoms with Gasteiger partial charge < -0.3 is 5.32 Å². The molecule has 1 fully saturated rings. The average molecular weight is 355 g/mol. The summed E-state index contributed by atoms with van der Waals surface area (Å²) in [5, 5.41) is 13.8. The smallest absolute Gasteiger partial charge is 0.285 e.